The minimum absolute atomic E-state index is 0.279. The summed E-state index contributed by atoms with van der Waals surface area (Å²) < 4.78 is 0. The Morgan fingerprint density at radius 2 is 1.81 bits per heavy atom. The smallest absolute Gasteiger partial charge is 0.0511 e. The average Bonchev–Trinajstić information content (AvgIpc) is 2.47. The van der Waals surface area contributed by atoms with E-state index in [-0.39, 0.29) is 6.04 Å². The van der Waals surface area contributed by atoms with Gasteiger partial charge >= 0.3 is 0 Å². The van der Waals surface area contributed by atoms with Crippen LogP contribution in [0.5, 0.6) is 0 Å². The van der Waals surface area contributed by atoms with E-state index in [0.717, 1.165) is 11.4 Å². The summed E-state index contributed by atoms with van der Waals surface area (Å²) in [7, 11) is 2.13. The Labute approximate surface area is 132 Å². The summed E-state index contributed by atoms with van der Waals surface area (Å²) in [6.45, 7) is 4.99. The van der Waals surface area contributed by atoms with Gasteiger partial charge in [-0.3, -0.25) is 0 Å². The Morgan fingerprint density at radius 1 is 1.14 bits per heavy atom. The first kappa shape index (κ1) is 15.9. The molecule has 1 atom stereocenters. The summed E-state index contributed by atoms with van der Waals surface area (Å²) >= 11 is 5.97. The van der Waals surface area contributed by atoms with Crippen molar-refractivity contribution < 1.29 is 0 Å². The molecule has 0 amide bonds. The molecular weight excluding hydrogens is 280 g/mol. The number of rotatable bonds is 5. The third-order valence-electron chi connectivity index (χ3n) is 3.96. The van der Waals surface area contributed by atoms with Crippen molar-refractivity contribution in [2.24, 2.45) is 5.73 Å². The van der Waals surface area contributed by atoms with Gasteiger partial charge in [-0.1, -0.05) is 41.4 Å². The van der Waals surface area contributed by atoms with E-state index < -0.39 is 0 Å². The molecule has 112 valence electrons. The Bertz CT molecular complexity index is 593. The monoisotopic (exact) mass is 302 g/mol. The number of nitrogens with zero attached hydrogens (tertiary/aromatic N) is 1. The second-order valence-corrected chi connectivity index (χ2v) is 5.95. The molecule has 0 aliphatic heterocycles. The molecular formula is C18H23ClN2. The van der Waals surface area contributed by atoms with Crippen LogP contribution < -0.4 is 10.6 Å². The normalized spacial score (nSPS) is 12.2. The fourth-order valence-electron chi connectivity index (χ4n) is 2.59. The predicted molar refractivity (Wildman–Crippen MR) is 92.2 cm³/mol. The zero-order valence-corrected chi connectivity index (χ0v) is 13.7. The van der Waals surface area contributed by atoms with Gasteiger partial charge in [-0.15, -0.1) is 0 Å². The summed E-state index contributed by atoms with van der Waals surface area (Å²) in [6, 6.07) is 14.9. The number of nitrogens with two attached hydrogens (primary N) is 1. The minimum atomic E-state index is 0.279. The lowest BCUT2D eigenvalue weighted by Crippen LogP contribution is -2.23. The molecule has 0 saturated carbocycles. The van der Waals surface area contributed by atoms with Crippen LogP contribution in [0.3, 0.4) is 0 Å². The van der Waals surface area contributed by atoms with E-state index in [1.807, 2.05) is 12.1 Å². The zero-order chi connectivity index (χ0) is 15.4. The van der Waals surface area contributed by atoms with Crippen LogP contribution in [0.1, 0.15) is 29.7 Å². The first-order chi connectivity index (χ1) is 10.0. The molecule has 0 saturated heterocycles. The van der Waals surface area contributed by atoms with Gasteiger partial charge in [0.25, 0.3) is 0 Å². The highest BCUT2D eigenvalue weighted by Crippen LogP contribution is 2.29. The van der Waals surface area contributed by atoms with Crippen LogP contribution in [0.15, 0.2) is 42.5 Å². The van der Waals surface area contributed by atoms with Crippen molar-refractivity contribution in [2.45, 2.75) is 26.3 Å². The van der Waals surface area contributed by atoms with E-state index in [9.17, 15) is 0 Å². The lowest BCUT2D eigenvalue weighted by Gasteiger charge is -2.29. The van der Waals surface area contributed by atoms with Gasteiger partial charge < -0.3 is 10.6 Å². The van der Waals surface area contributed by atoms with E-state index in [2.05, 4.69) is 56.1 Å². The van der Waals surface area contributed by atoms with Gasteiger partial charge in [0.05, 0.1) is 6.04 Å². The Morgan fingerprint density at radius 3 is 2.43 bits per heavy atom. The molecule has 1 unspecified atom stereocenters. The molecule has 2 aromatic rings. The van der Waals surface area contributed by atoms with Gasteiger partial charge in [-0.05, 0) is 56.1 Å². The van der Waals surface area contributed by atoms with Gasteiger partial charge in [-0.25, -0.2) is 0 Å². The molecule has 0 radical (unpaired) electrons. The highest BCUT2D eigenvalue weighted by Gasteiger charge is 2.15. The van der Waals surface area contributed by atoms with E-state index in [1.165, 1.54) is 22.4 Å². The van der Waals surface area contributed by atoms with Crippen molar-refractivity contribution in [1.29, 1.82) is 0 Å². The number of benzene rings is 2. The molecule has 0 aromatic heterocycles. The van der Waals surface area contributed by atoms with Crippen molar-refractivity contribution in [3.63, 3.8) is 0 Å². The second-order valence-electron chi connectivity index (χ2n) is 5.51. The molecule has 0 heterocycles. The largest absolute Gasteiger partial charge is 0.368 e. The topological polar surface area (TPSA) is 29.3 Å². The molecule has 2 rings (SSSR count). The molecule has 2 N–H and O–H groups in total. The van der Waals surface area contributed by atoms with Crippen molar-refractivity contribution in [3.8, 4) is 0 Å². The molecule has 0 fully saturated rings. The van der Waals surface area contributed by atoms with Gasteiger partial charge in [-0.2, -0.15) is 0 Å². The van der Waals surface area contributed by atoms with E-state index in [4.69, 9.17) is 17.3 Å². The van der Waals surface area contributed by atoms with Crippen LogP contribution >= 0.6 is 11.6 Å². The highest BCUT2D eigenvalue weighted by molar-refractivity contribution is 6.30. The molecule has 2 aromatic carbocycles. The number of halogens is 1. The summed E-state index contributed by atoms with van der Waals surface area (Å²) in [6.07, 6.45) is 0.898. The third-order valence-corrected chi connectivity index (χ3v) is 4.21. The Balaban J connectivity index is 2.30. The SMILES string of the molecule is Cc1ccc(N(C)C(C)c2ccc(Cl)cc2)c(CCN)c1. The van der Waals surface area contributed by atoms with Crippen molar-refractivity contribution in [1.82, 2.24) is 0 Å². The van der Waals surface area contributed by atoms with Crippen LogP contribution in [0, 0.1) is 6.92 Å². The fourth-order valence-corrected chi connectivity index (χ4v) is 2.71. The highest BCUT2D eigenvalue weighted by atomic mass is 35.5. The summed E-state index contributed by atoms with van der Waals surface area (Å²) in [4.78, 5) is 2.30. The van der Waals surface area contributed by atoms with E-state index in [1.54, 1.807) is 0 Å². The Hall–Kier alpha value is -1.51. The number of hydrogen-bond donors (Lipinski definition) is 1. The van der Waals surface area contributed by atoms with Crippen molar-refractivity contribution in [2.75, 3.05) is 18.5 Å². The first-order valence-corrected chi connectivity index (χ1v) is 7.68. The van der Waals surface area contributed by atoms with Gasteiger partial charge in [0.15, 0.2) is 0 Å². The fraction of sp³-hybridized carbons (Fsp3) is 0.333. The molecule has 0 aliphatic rings. The molecule has 21 heavy (non-hydrogen) atoms. The number of anilines is 1. The number of hydrogen-bond acceptors (Lipinski definition) is 2. The van der Waals surface area contributed by atoms with Crippen LogP contribution in [0.2, 0.25) is 5.02 Å². The maximum Gasteiger partial charge on any atom is 0.0511 e. The predicted octanol–water partition coefficient (Wildman–Crippen LogP) is 4.35. The lowest BCUT2D eigenvalue weighted by molar-refractivity contribution is 0.734. The number of aryl methyl sites for hydroxylation is 1. The molecule has 0 spiro atoms. The quantitative estimate of drug-likeness (QED) is 0.890. The van der Waals surface area contributed by atoms with Gasteiger partial charge in [0.2, 0.25) is 0 Å². The Kier molecular flexibility index (Phi) is 5.27. The van der Waals surface area contributed by atoms with Crippen LogP contribution in [0.25, 0.3) is 0 Å². The van der Waals surface area contributed by atoms with E-state index in [0.29, 0.717) is 6.54 Å². The van der Waals surface area contributed by atoms with Crippen LogP contribution in [-0.2, 0) is 6.42 Å². The molecule has 0 bridgehead atoms. The lowest BCUT2D eigenvalue weighted by atomic mass is 10.0. The second kappa shape index (κ2) is 6.97. The van der Waals surface area contributed by atoms with Crippen LogP contribution in [-0.4, -0.2) is 13.6 Å². The first-order valence-electron chi connectivity index (χ1n) is 7.31. The average molecular weight is 303 g/mol. The molecule has 0 aliphatic carbocycles. The van der Waals surface area contributed by atoms with Gasteiger partial charge in [0, 0.05) is 17.8 Å². The summed E-state index contributed by atoms with van der Waals surface area (Å²) in [5.41, 5.74) is 10.8. The van der Waals surface area contributed by atoms with Crippen molar-refractivity contribution >= 4 is 17.3 Å². The summed E-state index contributed by atoms with van der Waals surface area (Å²) in [5.74, 6) is 0. The maximum atomic E-state index is 5.97. The maximum absolute atomic E-state index is 5.97. The van der Waals surface area contributed by atoms with E-state index >= 15 is 0 Å². The summed E-state index contributed by atoms with van der Waals surface area (Å²) in [5, 5.41) is 0.771. The molecule has 2 nitrogen and oxygen atoms in total. The van der Waals surface area contributed by atoms with Crippen molar-refractivity contribution in [3.05, 3.63) is 64.2 Å². The van der Waals surface area contributed by atoms with Gasteiger partial charge in [0.1, 0.15) is 0 Å². The third kappa shape index (κ3) is 3.78. The van der Waals surface area contributed by atoms with Crippen LogP contribution in [0.4, 0.5) is 5.69 Å². The zero-order valence-electron chi connectivity index (χ0n) is 12.9. The standard InChI is InChI=1S/C18H23ClN2/c1-13-4-9-18(16(12-13)10-11-20)21(3)14(2)15-5-7-17(19)8-6-15/h4-9,12,14H,10-11,20H2,1-3H3. The molecule has 3 heteroatoms. The minimum Gasteiger partial charge on any atom is -0.368 e.